The van der Waals surface area contributed by atoms with Crippen molar-refractivity contribution in [3.63, 3.8) is 0 Å². The molecule has 0 radical (unpaired) electrons. The van der Waals surface area contributed by atoms with E-state index in [-0.39, 0.29) is 12.4 Å². The Hall–Kier alpha value is 0.600. The molecule has 2 aliphatic heterocycles. The van der Waals surface area contributed by atoms with Gasteiger partial charge in [0, 0.05) is 11.0 Å². The van der Waals surface area contributed by atoms with Gasteiger partial charge in [-0.25, -0.2) is 0 Å². The van der Waals surface area contributed by atoms with Gasteiger partial charge in [-0.3, -0.25) is 0 Å². The normalized spacial score (nSPS) is 29.0. The van der Waals surface area contributed by atoms with Crippen molar-refractivity contribution in [2.75, 3.05) is 38.5 Å². The van der Waals surface area contributed by atoms with Crippen LogP contribution in [-0.4, -0.2) is 61.2 Å². The van der Waals surface area contributed by atoms with Gasteiger partial charge in [-0.2, -0.15) is 0 Å². The second-order valence-electron chi connectivity index (χ2n) is 6.91. The summed E-state index contributed by atoms with van der Waals surface area (Å²) >= 11 is 5.26. The molecule has 0 aromatic carbocycles. The average Bonchev–Trinajstić information content (AvgIpc) is 3.03. The number of thiocarbonyl (C=S) groups is 1. The molecule has 4 nitrogen and oxygen atoms in total. The second-order valence-corrected chi connectivity index (χ2v) is 10.1. The number of quaternary nitrogens is 1. The van der Waals surface area contributed by atoms with E-state index in [1.54, 1.807) is 4.90 Å². The minimum Gasteiger partial charge on any atom is -1.00 e. The Balaban J connectivity index is 0.00000312. The second kappa shape index (κ2) is 13.7. The SMILES string of the molecule is CC1C[NH+](CCNC(=S)OCCCCCC2CCSS2)CC(C)O1.[Cl-]. The van der Waals surface area contributed by atoms with Crippen molar-refractivity contribution in [2.45, 2.75) is 63.4 Å². The molecule has 2 heterocycles. The lowest BCUT2D eigenvalue weighted by atomic mass is 10.1. The number of ether oxygens (including phenoxy) is 2. The zero-order valence-corrected chi connectivity index (χ0v) is 18.6. The predicted molar refractivity (Wildman–Crippen MR) is 109 cm³/mol. The van der Waals surface area contributed by atoms with Crippen molar-refractivity contribution in [1.29, 1.82) is 0 Å². The minimum atomic E-state index is 0. The first-order valence-electron chi connectivity index (χ1n) is 9.31. The molecule has 0 aliphatic carbocycles. The van der Waals surface area contributed by atoms with Crippen LogP contribution in [-0.2, 0) is 9.47 Å². The van der Waals surface area contributed by atoms with Gasteiger partial charge in [0.1, 0.15) is 25.3 Å². The smallest absolute Gasteiger partial charge is 0.256 e. The van der Waals surface area contributed by atoms with Crippen LogP contribution >= 0.6 is 33.8 Å². The molecule has 0 amide bonds. The molecule has 0 spiro atoms. The molecule has 2 rings (SSSR count). The molecular weight excluding hydrogens is 396 g/mol. The van der Waals surface area contributed by atoms with Gasteiger partial charge in [0.05, 0.1) is 19.7 Å². The quantitative estimate of drug-likeness (QED) is 0.287. The lowest BCUT2D eigenvalue weighted by molar-refractivity contribution is -0.913. The number of halogens is 1. The van der Waals surface area contributed by atoms with Crippen LogP contribution in [0.15, 0.2) is 0 Å². The van der Waals surface area contributed by atoms with E-state index in [1.165, 1.54) is 31.4 Å². The van der Waals surface area contributed by atoms with Gasteiger partial charge in [-0.1, -0.05) is 34.4 Å². The van der Waals surface area contributed by atoms with Crippen LogP contribution in [0.3, 0.4) is 0 Å². The summed E-state index contributed by atoms with van der Waals surface area (Å²) in [7, 11) is 4.11. The Bertz CT molecular complexity index is 364. The molecule has 0 aromatic heterocycles. The van der Waals surface area contributed by atoms with Gasteiger partial charge in [-0.05, 0) is 45.3 Å². The fraction of sp³-hybridized carbons (Fsp3) is 0.941. The topological polar surface area (TPSA) is 34.9 Å². The van der Waals surface area contributed by atoms with E-state index in [0.29, 0.717) is 17.4 Å². The Morgan fingerprint density at radius 1 is 1.24 bits per heavy atom. The molecule has 3 atom stereocenters. The maximum Gasteiger partial charge on any atom is 0.256 e. The largest absolute Gasteiger partial charge is 1.00 e. The van der Waals surface area contributed by atoms with Gasteiger partial charge in [0.25, 0.3) is 5.17 Å². The number of morpholine rings is 1. The maximum atomic E-state index is 5.77. The molecule has 2 fully saturated rings. The molecule has 25 heavy (non-hydrogen) atoms. The van der Waals surface area contributed by atoms with E-state index < -0.39 is 0 Å². The molecule has 8 heteroatoms. The lowest BCUT2D eigenvalue weighted by Gasteiger charge is -2.32. The first-order valence-corrected chi connectivity index (χ1v) is 12.1. The van der Waals surface area contributed by atoms with Crippen LogP contribution < -0.4 is 22.6 Å². The molecule has 3 unspecified atom stereocenters. The molecule has 0 saturated carbocycles. The molecule has 2 N–H and O–H groups in total. The Morgan fingerprint density at radius 2 is 2.00 bits per heavy atom. The van der Waals surface area contributed by atoms with Crippen molar-refractivity contribution >= 4 is 39.0 Å². The van der Waals surface area contributed by atoms with Crippen molar-refractivity contribution in [3.8, 4) is 0 Å². The first kappa shape index (κ1) is 23.6. The van der Waals surface area contributed by atoms with Crippen molar-refractivity contribution in [2.24, 2.45) is 0 Å². The highest BCUT2D eigenvalue weighted by molar-refractivity contribution is 8.77. The van der Waals surface area contributed by atoms with Crippen LogP contribution in [0.1, 0.15) is 46.0 Å². The number of hydrogen-bond acceptors (Lipinski definition) is 5. The first-order chi connectivity index (χ1) is 11.6. The summed E-state index contributed by atoms with van der Waals surface area (Å²) in [5.74, 6) is 1.34. The summed E-state index contributed by atoms with van der Waals surface area (Å²) < 4.78 is 11.4. The van der Waals surface area contributed by atoms with E-state index in [9.17, 15) is 0 Å². The summed E-state index contributed by atoms with van der Waals surface area (Å²) in [6, 6.07) is 0. The van der Waals surface area contributed by atoms with Gasteiger partial charge in [0.15, 0.2) is 0 Å². The zero-order chi connectivity index (χ0) is 17.2. The Labute approximate surface area is 172 Å². The highest BCUT2D eigenvalue weighted by Gasteiger charge is 2.24. The van der Waals surface area contributed by atoms with Crippen LogP contribution in [0.2, 0.25) is 0 Å². The van der Waals surface area contributed by atoms with Gasteiger partial charge in [0.2, 0.25) is 0 Å². The van der Waals surface area contributed by atoms with E-state index in [2.05, 4.69) is 30.0 Å². The maximum absolute atomic E-state index is 5.77. The predicted octanol–water partition coefficient (Wildman–Crippen LogP) is -0.712. The average molecular weight is 429 g/mol. The molecule has 2 aliphatic rings. The van der Waals surface area contributed by atoms with Crippen LogP contribution in [0.4, 0.5) is 0 Å². The van der Waals surface area contributed by atoms with Crippen LogP contribution in [0.25, 0.3) is 0 Å². The highest BCUT2D eigenvalue weighted by Crippen LogP contribution is 2.39. The molecule has 0 aromatic rings. The lowest BCUT2D eigenvalue weighted by Crippen LogP contribution is -3.16. The summed E-state index contributed by atoms with van der Waals surface area (Å²) in [4.78, 5) is 1.58. The van der Waals surface area contributed by atoms with Gasteiger partial charge >= 0.3 is 0 Å². The van der Waals surface area contributed by atoms with Gasteiger partial charge < -0.3 is 32.1 Å². The zero-order valence-electron chi connectivity index (χ0n) is 15.4. The van der Waals surface area contributed by atoms with E-state index in [4.69, 9.17) is 21.7 Å². The molecule has 148 valence electrons. The summed E-state index contributed by atoms with van der Waals surface area (Å²) in [5.41, 5.74) is 0. The van der Waals surface area contributed by atoms with Crippen LogP contribution in [0.5, 0.6) is 0 Å². The number of unbranched alkanes of at least 4 members (excludes halogenated alkanes) is 2. The third kappa shape index (κ3) is 10.5. The van der Waals surface area contributed by atoms with E-state index in [1.807, 2.05) is 10.8 Å². The van der Waals surface area contributed by atoms with Crippen molar-refractivity contribution in [3.05, 3.63) is 0 Å². The highest BCUT2D eigenvalue weighted by atomic mass is 35.5. The van der Waals surface area contributed by atoms with E-state index >= 15 is 0 Å². The number of nitrogens with one attached hydrogen (secondary N) is 2. The van der Waals surface area contributed by atoms with Crippen LogP contribution in [0, 0.1) is 0 Å². The third-order valence-electron chi connectivity index (χ3n) is 4.50. The van der Waals surface area contributed by atoms with Crippen molar-refractivity contribution < 1.29 is 26.8 Å². The fourth-order valence-electron chi connectivity index (χ4n) is 3.37. The fourth-order valence-corrected chi connectivity index (χ4v) is 6.58. The summed E-state index contributed by atoms with van der Waals surface area (Å²) in [6.07, 6.45) is 7.13. The monoisotopic (exact) mass is 428 g/mol. The number of hydrogen-bond donors (Lipinski definition) is 2. The minimum absolute atomic E-state index is 0. The third-order valence-corrected chi connectivity index (χ3v) is 7.76. The van der Waals surface area contributed by atoms with Gasteiger partial charge in [-0.15, -0.1) is 0 Å². The Morgan fingerprint density at radius 3 is 2.68 bits per heavy atom. The van der Waals surface area contributed by atoms with Crippen molar-refractivity contribution in [1.82, 2.24) is 5.32 Å². The van der Waals surface area contributed by atoms with E-state index in [0.717, 1.165) is 44.5 Å². The Kier molecular flexibility index (Phi) is 13.0. The summed E-state index contributed by atoms with van der Waals surface area (Å²) in [5, 5.41) is 4.69. The molecule has 2 saturated heterocycles. The summed E-state index contributed by atoms with van der Waals surface area (Å²) in [6.45, 7) is 9.16. The molecular formula is C17H33ClN2O2S3. The number of rotatable bonds is 9. The standard InChI is InChI=1S/C17H32N2O2S3.ClH/c1-14-12-19(13-15(2)21-14)9-8-18-17(22)20-10-5-3-4-6-16-7-11-23-24-16;/h14-16H,3-13H2,1-2H3,(H,18,22);1H. The molecule has 0 bridgehead atoms.